The fourth-order valence-corrected chi connectivity index (χ4v) is 0.385. The molecule has 0 saturated carbocycles. The molecule has 0 bridgehead atoms. The molecule has 12 heavy (non-hydrogen) atoms. The van der Waals surface area contributed by atoms with Crippen LogP contribution < -0.4 is 0 Å². The van der Waals surface area contributed by atoms with E-state index in [4.69, 9.17) is 0 Å². The minimum Gasteiger partial charge on any atom is -0.167 e. The molecule has 0 aromatic heterocycles. The molecule has 66 valence electrons. The average Bonchev–Trinajstić information content (AvgIpc) is 2.07. The minimum absolute atomic E-state index is 0.0625. The summed E-state index contributed by atoms with van der Waals surface area (Å²) in [5, 5.41) is 0. The zero-order chi connectivity index (χ0) is 9.45. The SMILES string of the molecule is C=CC(F)(F)F.c1ccccc1. The third-order valence-corrected chi connectivity index (χ3v) is 0.898. The highest BCUT2D eigenvalue weighted by Crippen LogP contribution is 2.13. The van der Waals surface area contributed by atoms with Crippen LogP contribution >= 0.6 is 0 Å². The Balaban J connectivity index is 0.000000202. The van der Waals surface area contributed by atoms with E-state index in [1.807, 2.05) is 36.4 Å². The van der Waals surface area contributed by atoms with Crippen molar-refractivity contribution in [3.63, 3.8) is 0 Å². The van der Waals surface area contributed by atoms with E-state index < -0.39 is 6.18 Å². The van der Waals surface area contributed by atoms with Crippen LogP contribution in [0.3, 0.4) is 0 Å². The second-order valence-electron chi connectivity index (χ2n) is 1.90. The second kappa shape index (κ2) is 5.41. The number of alkyl halides is 3. The van der Waals surface area contributed by atoms with Crippen LogP contribution in [-0.4, -0.2) is 6.18 Å². The molecule has 0 heterocycles. The van der Waals surface area contributed by atoms with Crippen LogP contribution in [0.5, 0.6) is 0 Å². The smallest absolute Gasteiger partial charge is 0.167 e. The highest BCUT2D eigenvalue weighted by atomic mass is 19.4. The predicted octanol–water partition coefficient (Wildman–Crippen LogP) is 3.42. The standard InChI is InChI=1S/C6H6.C3H3F3/c1-2-4-6-5-3-1;1-2-3(4,5)6/h1-6H;2H,1H2. The Morgan fingerprint density at radius 2 is 1.00 bits per heavy atom. The maximum atomic E-state index is 10.7. The summed E-state index contributed by atoms with van der Waals surface area (Å²) in [4.78, 5) is 0. The van der Waals surface area contributed by atoms with Crippen molar-refractivity contribution >= 4 is 0 Å². The largest absolute Gasteiger partial charge is 0.409 e. The van der Waals surface area contributed by atoms with Crippen molar-refractivity contribution in [2.24, 2.45) is 0 Å². The molecule has 0 fully saturated rings. The van der Waals surface area contributed by atoms with Gasteiger partial charge < -0.3 is 0 Å². The first-order valence-corrected chi connectivity index (χ1v) is 3.26. The van der Waals surface area contributed by atoms with Gasteiger partial charge in [-0.3, -0.25) is 0 Å². The molecule has 0 unspecified atom stereocenters. The maximum Gasteiger partial charge on any atom is 0.409 e. The molecule has 0 aliphatic carbocycles. The molecule has 0 spiro atoms. The molecule has 0 amide bonds. The van der Waals surface area contributed by atoms with Gasteiger partial charge >= 0.3 is 6.18 Å². The summed E-state index contributed by atoms with van der Waals surface area (Å²) in [7, 11) is 0. The van der Waals surface area contributed by atoms with E-state index in [-0.39, 0.29) is 6.08 Å². The topological polar surface area (TPSA) is 0 Å². The molecule has 0 aliphatic heterocycles. The van der Waals surface area contributed by atoms with Gasteiger partial charge in [-0.15, -0.1) is 0 Å². The van der Waals surface area contributed by atoms with E-state index in [0.717, 1.165) is 0 Å². The zero-order valence-electron chi connectivity index (χ0n) is 6.38. The summed E-state index contributed by atoms with van der Waals surface area (Å²) in [5.74, 6) is 0. The minimum atomic E-state index is -4.19. The number of benzene rings is 1. The average molecular weight is 174 g/mol. The Labute approximate surface area is 69.3 Å². The monoisotopic (exact) mass is 174 g/mol. The lowest BCUT2D eigenvalue weighted by Crippen LogP contribution is -1.98. The van der Waals surface area contributed by atoms with Crippen molar-refractivity contribution in [1.82, 2.24) is 0 Å². The van der Waals surface area contributed by atoms with Gasteiger partial charge in [-0.05, 0) is 0 Å². The fourth-order valence-electron chi connectivity index (χ4n) is 0.385. The Bertz CT molecular complexity index is 174. The van der Waals surface area contributed by atoms with Gasteiger partial charge in [-0.2, -0.15) is 13.2 Å². The number of allylic oxidation sites excluding steroid dienone is 1. The highest BCUT2D eigenvalue weighted by Gasteiger charge is 2.19. The molecule has 0 nitrogen and oxygen atoms in total. The second-order valence-corrected chi connectivity index (χ2v) is 1.90. The van der Waals surface area contributed by atoms with Crippen molar-refractivity contribution < 1.29 is 13.2 Å². The highest BCUT2D eigenvalue weighted by molar-refractivity contribution is 4.99. The number of halogens is 3. The van der Waals surface area contributed by atoms with Crippen LogP contribution in [-0.2, 0) is 0 Å². The molecule has 1 aromatic rings. The lowest BCUT2D eigenvalue weighted by atomic mass is 10.4. The summed E-state index contributed by atoms with van der Waals surface area (Å²) in [6.45, 7) is 2.51. The van der Waals surface area contributed by atoms with Crippen LogP contribution in [0, 0.1) is 0 Å². The van der Waals surface area contributed by atoms with E-state index in [9.17, 15) is 13.2 Å². The fraction of sp³-hybridized carbons (Fsp3) is 0.111. The van der Waals surface area contributed by atoms with E-state index in [1.54, 1.807) is 0 Å². The first kappa shape index (κ1) is 10.8. The van der Waals surface area contributed by atoms with Gasteiger partial charge in [0.2, 0.25) is 0 Å². The summed E-state index contributed by atoms with van der Waals surface area (Å²) < 4.78 is 32.0. The molecule has 3 heteroatoms. The van der Waals surface area contributed by atoms with Gasteiger partial charge in [-0.1, -0.05) is 43.0 Å². The Kier molecular flexibility index (Phi) is 4.84. The van der Waals surface area contributed by atoms with Gasteiger partial charge in [0.25, 0.3) is 0 Å². The summed E-state index contributed by atoms with van der Waals surface area (Å²) >= 11 is 0. The van der Waals surface area contributed by atoms with Crippen molar-refractivity contribution in [2.45, 2.75) is 6.18 Å². The molecule has 1 aromatic carbocycles. The van der Waals surface area contributed by atoms with Gasteiger partial charge in [0.15, 0.2) is 0 Å². The van der Waals surface area contributed by atoms with Crippen molar-refractivity contribution in [3.05, 3.63) is 49.1 Å². The normalized spacial score (nSPS) is 9.58. The first-order valence-electron chi connectivity index (χ1n) is 3.26. The quantitative estimate of drug-likeness (QED) is 0.528. The van der Waals surface area contributed by atoms with E-state index in [2.05, 4.69) is 6.58 Å². The molecule has 0 atom stereocenters. The predicted molar refractivity (Wildman–Crippen MR) is 42.7 cm³/mol. The zero-order valence-corrected chi connectivity index (χ0v) is 6.38. The third kappa shape index (κ3) is 8.75. The first-order chi connectivity index (χ1) is 5.56. The van der Waals surface area contributed by atoms with Gasteiger partial charge in [0, 0.05) is 6.08 Å². The van der Waals surface area contributed by atoms with Crippen LogP contribution in [0.15, 0.2) is 49.1 Å². The van der Waals surface area contributed by atoms with E-state index >= 15 is 0 Å². The number of hydrogen-bond donors (Lipinski definition) is 0. The lowest BCUT2D eigenvalue weighted by Gasteiger charge is -1.91. The van der Waals surface area contributed by atoms with E-state index in [1.165, 1.54) is 0 Å². The van der Waals surface area contributed by atoms with Crippen molar-refractivity contribution in [3.8, 4) is 0 Å². The van der Waals surface area contributed by atoms with Crippen LogP contribution in [0.25, 0.3) is 0 Å². The molecule has 0 N–H and O–H groups in total. The molecular formula is C9H9F3. The molecule has 0 aliphatic rings. The molecule has 0 radical (unpaired) electrons. The Morgan fingerprint density at radius 1 is 0.833 bits per heavy atom. The summed E-state index contributed by atoms with van der Waals surface area (Å²) in [5.41, 5.74) is 0. The molecule has 1 rings (SSSR count). The lowest BCUT2D eigenvalue weighted by molar-refractivity contribution is -0.0795. The van der Waals surface area contributed by atoms with E-state index in [0.29, 0.717) is 0 Å². The number of hydrogen-bond acceptors (Lipinski definition) is 0. The van der Waals surface area contributed by atoms with Crippen LogP contribution in [0.1, 0.15) is 0 Å². The summed E-state index contributed by atoms with van der Waals surface area (Å²) in [6.07, 6.45) is -4.26. The van der Waals surface area contributed by atoms with Crippen LogP contribution in [0.4, 0.5) is 13.2 Å². The van der Waals surface area contributed by atoms with Crippen LogP contribution in [0.2, 0.25) is 0 Å². The Hall–Kier alpha value is -1.25. The van der Waals surface area contributed by atoms with Crippen molar-refractivity contribution in [2.75, 3.05) is 0 Å². The molecule has 0 saturated heterocycles. The van der Waals surface area contributed by atoms with Gasteiger partial charge in [-0.25, -0.2) is 0 Å². The Morgan fingerprint density at radius 3 is 1.08 bits per heavy atom. The van der Waals surface area contributed by atoms with Crippen molar-refractivity contribution in [1.29, 1.82) is 0 Å². The maximum absolute atomic E-state index is 10.7. The summed E-state index contributed by atoms with van der Waals surface area (Å²) in [6, 6.07) is 12.0. The van der Waals surface area contributed by atoms with Gasteiger partial charge in [0.05, 0.1) is 0 Å². The number of rotatable bonds is 0. The van der Waals surface area contributed by atoms with Gasteiger partial charge in [0.1, 0.15) is 0 Å². The molecular weight excluding hydrogens is 165 g/mol. The third-order valence-electron chi connectivity index (χ3n) is 0.898.